The molecule has 2 amide bonds. The Morgan fingerprint density at radius 2 is 1.57 bits per heavy atom. The van der Waals surface area contributed by atoms with Crippen LogP contribution in [0.2, 0.25) is 0 Å². The maximum Gasteiger partial charge on any atom is 0.262 e. The first-order chi connectivity index (χ1) is 14.0. The van der Waals surface area contributed by atoms with Crippen LogP contribution >= 0.6 is 0 Å². The van der Waals surface area contributed by atoms with Crippen molar-refractivity contribution in [1.29, 1.82) is 0 Å². The van der Waals surface area contributed by atoms with Gasteiger partial charge in [-0.2, -0.15) is 0 Å². The van der Waals surface area contributed by atoms with E-state index in [0.29, 0.717) is 11.1 Å². The van der Waals surface area contributed by atoms with Gasteiger partial charge in [0.2, 0.25) is 0 Å². The van der Waals surface area contributed by atoms with Crippen molar-refractivity contribution >= 4 is 11.8 Å². The molecule has 3 N–H and O–H groups in total. The van der Waals surface area contributed by atoms with Crippen molar-refractivity contribution < 1.29 is 19.8 Å². The molecule has 6 heteroatoms. The highest BCUT2D eigenvalue weighted by atomic mass is 16.3. The summed E-state index contributed by atoms with van der Waals surface area (Å²) >= 11 is 0. The Bertz CT molecular complexity index is 924. The maximum atomic E-state index is 12.7. The van der Waals surface area contributed by atoms with Crippen molar-refractivity contribution in [2.75, 3.05) is 0 Å². The first kappa shape index (κ1) is 22.0. The summed E-state index contributed by atoms with van der Waals surface area (Å²) in [6.07, 6.45) is -0.828. The summed E-state index contributed by atoms with van der Waals surface area (Å²) in [4.78, 5) is 27.0. The number of hydrogen-bond donors (Lipinski definition) is 3. The van der Waals surface area contributed by atoms with Crippen LogP contribution in [-0.4, -0.2) is 44.5 Å². The van der Waals surface area contributed by atoms with Crippen LogP contribution < -0.4 is 5.32 Å². The predicted molar refractivity (Wildman–Crippen MR) is 115 cm³/mol. The molecule has 1 fully saturated rings. The molecule has 1 unspecified atom stereocenters. The largest absolute Gasteiger partial charge is 0.386 e. The average Bonchev–Trinajstić information content (AvgIpc) is 2.72. The Labute approximate surface area is 177 Å². The number of hydrogen-bond acceptors (Lipinski definition) is 4. The third-order valence-electron chi connectivity index (χ3n) is 6.07. The van der Waals surface area contributed by atoms with Crippen LogP contribution in [0.3, 0.4) is 0 Å². The highest BCUT2D eigenvalue weighted by Crippen LogP contribution is 2.49. The molecule has 1 saturated heterocycles. The SMILES string of the molecule is CC(C)N1C(=O)C(O)(c2ccc(C(=O)N[C@H](C)[C@@H](O)c3ccccc3)cc2)C1(C)C. The van der Waals surface area contributed by atoms with E-state index >= 15 is 0 Å². The molecule has 2 aromatic carbocycles. The van der Waals surface area contributed by atoms with E-state index in [2.05, 4.69) is 5.32 Å². The van der Waals surface area contributed by atoms with Gasteiger partial charge in [-0.05, 0) is 57.9 Å². The summed E-state index contributed by atoms with van der Waals surface area (Å²) < 4.78 is 0. The molecule has 0 radical (unpaired) electrons. The fourth-order valence-electron chi connectivity index (χ4n) is 4.34. The zero-order chi connectivity index (χ0) is 22.3. The average molecular weight is 411 g/mol. The van der Waals surface area contributed by atoms with Gasteiger partial charge in [-0.25, -0.2) is 0 Å². The van der Waals surface area contributed by atoms with Crippen LogP contribution in [-0.2, 0) is 10.4 Å². The molecule has 160 valence electrons. The number of carbonyl (C=O) groups excluding carboxylic acids is 2. The Balaban J connectivity index is 1.73. The zero-order valence-electron chi connectivity index (χ0n) is 18.1. The van der Waals surface area contributed by atoms with Gasteiger partial charge >= 0.3 is 0 Å². The molecule has 0 saturated carbocycles. The van der Waals surface area contributed by atoms with Gasteiger partial charge in [0.25, 0.3) is 11.8 Å². The van der Waals surface area contributed by atoms with E-state index in [1.807, 2.05) is 45.9 Å². The lowest BCUT2D eigenvalue weighted by atomic mass is 9.66. The normalized spacial score (nSPS) is 22.4. The fraction of sp³-hybridized carbons (Fsp3) is 0.417. The molecule has 30 heavy (non-hydrogen) atoms. The number of aliphatic hydroxyl groups excluding tert-OH is 1. The van der Waals surface area contributed by atoms with Crippen LogP contribution in [0.1, 0.15) is 62.2 Å². The second-order valence-corrected chi connectivity index (χ2v) is 8.73. The van der Waals surface area contributed by atoms with Crippen molar-refractivity contribution in [2.24, 2.45) is 0 Å². The molecule has 1 heterocycles. The van der Waals surface area contributed by atoms with Gasteiger partial charge in [-0.1, -0.05) is 42.5 Å². The molecule has 0 aliphatic carbocycles. The van der Waals surface area contributed by atoms with E-state index in [4.69, 9.17) is 0 Å². The summed E-state index contributed by atoms with van der Waals surface area (Å²) in [6.45, 7) is 9.24. The number of carbonyl (C=O) groups is 2. The summed E-state index contributed by atoms with van der Waals surface area (Å²) in [5, 5.41) is 24.4. The van der Waals surface area contributed by atoms with Gasteiger partial charge in [0, 0.05) is 11.6 Å². The number of rotatable bonds is 6. The molecule has 3 rings (SSSR count). The molecule has 3 atom stereocenters. The van der Waals surface area contributed by atoms with E-state index < -0.39 is 23.3 Å². The van der Waals surface area contributed by atoms with Crippen LogP contribution in [0.5, 0.6) is 0 Å². The number of β-lactam (4-membered cyclic amide) rings is 1. The molecule has 1 aliphatic rings. The smallest absolute Gasteiger partial charge is 0.262 e. The predicted octanol–water partition coefficient (Wildman–Crippen LogP) is 2.76. The first-order valence-corrected chi connectivity index (χ1v) is 10.2. The molecule has 6 nitrogen and oxygen atoms in total. The Morgan fingerprint density at radius 3 is 2.07 bits per heavy atom. The maximum absolute atomic E-state index is 12.7. The van der Waals surface area contributed by atoms with E-state index in [1.54, 1.807) is 48.2 Å². The van der Waals surface area contributed by atoms with Crippen LogP contribution in [0, 0.1) is 0 Å². The first-order valence-electron chi connectivity index (χ1n) is 10.2. The topological polar surface area (TPSA) is 89.9 Å². The van der Waals surface area contributed by atoms with Gasteiger partial charge < -0.3 is 20.4 Å². The van der Waals surface area contributed by atoms with Crippen LogP contribution in [0.15, 0.2) is 54.6 Å². The Kier molecular flexibility index (Phi) is 5.76. The second kappa shape index (κ2) is 7.85. The molecule has 0 bridgehead atoms. The van der Waals surface area contributed by atoms with Crippen molar-refractivity contribution in [3.8, 4) is 0 Å². The van der Waals surface area contributed by atoms with Crippen molar-refractivity contribution in [3.05, 3.63) is 71.3 Å². The highest BCUT2D eigenvalue weighted by molar-refractivity contribution is 5.97. The van der Waals surface area contributed by atoms with Crippen molar-refractivity contribution in [2.45, 2.75) is 63.9 Å². The number of nitrogens with one attached hydrogen (secondary N) is 1. The summed E-state index contributed by atoms with van der Waals surface area (Å²) in [7, 11) is 0. The third kappa shape index (κ3) is 3.40. The molecular formula is C24H30N2O4. The van der Waals surface area contributed by atoms with Crippen LogP contribution in [0.25, 0.3) is 0 Å². The Morgan fingerprint density at radius 1 is 1.00 bits per heavy atom. The van der Waals surface area contributed by atoms with E-state index in [1.165, 1.54) is 0 Å². The lowest BCUT2D eigenvalue weighted by Gasteiger charge is -2.61. The monoisotopic (exact) mass is 410 g/mol. The summed E-state index contributed by atoms with van der Waals surface area (Å²) in [6, 6.07) is 15.0. The highest BCUT2D eigenvalue weighted by Gasteiger charge is 2.67. The minimum Gasteiger partial charge on any atom is -0.386 e. The van der Waals surface area contributed by atoms with Gasteiger partial charge in [0.1, 0.15) is 0 Å². The van der Waals surface area contributed by atoms with E-state index in [-0.39, 0.29) is 17.9 Å². The van der Waals surface area contributed by atoms with Crippen LogP contribution in [0.4, 0.5) is 0 Å². The fourth-order valence-corrected chi connectivity index (χ4v) is 4.34. The number of nitrogens with zero attached hydrogens (tertiary/aromatic N) is 1. The number of amides is 2. The number of likely N-dealkylation sites (tertiary alicyclic amines) is 1. The zero-order valence-corrected chi connectivity index (χ0v) is 18.1. The third-order valence-corrected chi connectivity index (χ3v) is 6.07. The van der Waals surface area contributed by atoms with E-state index in [9.17, 15) is 19.8 Å². The lowest BCUT2D eigenvalue weighted by molar-refractivity contribution is -0.221. The van der Waals surface area contributed by atoms with Gasteiger partial charge in [-0.15, -0.1) is 0 Å². The quantitative estimate of drug-likeness (QED) is 0.639. The second-order valence-electron chi connectivity index (χ2n) is 8.73. The standard InChI is InChI=1S/C24H30N2O4/c1-15(2)26-22(29)24(30,23(26,4)5)19-13-11-18(12-14-19)21(28)25-16(3)20(27)17-9-7-6-8-10-17/h6-16,20,27,30H,1-5H3,(H,25,28)/t16-,20-,24?/m1/s1. The molecule has 0 spiro atoms. The van der Waals surface area contributed by atoms with E-state index in [0.717, 1.165) is 5.56 Å². The summed E-state index contributed by atoms with van der Waals surface area (Å²) in [5.74, 6) is -0.668. The molecule has 2 aromatic rings. The molecule has 0 aromatic heterocycles. The van der Waals surface area contributed by atoms with Crippen molar-refractivity contribution in [3.63, 3.8) is 0 Å². The minimum atomic E-state index is -1.62. The molecular weight excluding hydrogens is 380 g/mol. The lowest BCUT2D eigenvalue weighted by Crippen LogP contribution is -2.79. The number of aliphatic hydroxyl groups is 2. The summed E-state index contributed by atoms with van der Waals surface area (Å²) in [5.41, 5.74) is -0.800. The van der Waals surface area contributed by atoms with Crippen molar-refractivity contribution in [1.82, 2.24) is 10.2 Å². The number of benzene rings is 2. The Hall–Kier alpha value is -2.70. The van der Waals surface area contributed by atoms with Gasteiger partial charge in [0.15, 0.2) is 5.60 Å². The van der Waals surface area contributed by atoms with Gasteiger partial charge in [-0.3, -0.25) is 9.59 Å². The molecule has 1 aliphatic heterocycles. The van der Waals surface area contributed by atoms with Gasteiger partial charge in [0.05, 0.1) is 17.7 Å². The minimum absolute atomic E-state index is 0.0182.